The van der Waals surface area contributed by atoms with E-state index in [-0.39, 0.29) is 0 Å². The van der Waals surface area contributed by atoms with Crippen LogP contribution in [-0.4, -0.2) is 60.2 Å². The van der Waals surface area contributed by atoms with Crippen molar-refractivity contribution in [2.24, 2.45) is 7.05 Å². The van der Waals surface area contributed by atoms with Gasteiger partial charge in [0.25, 0.3) is 0 Å². The SMILES string of the molecule is Cn1ccc(C(CN2CCCCC2)N2CCNCC2)c1. The molecule has 3 rings (SSSR count). The number of aryl methyl sites for hydroxylation is 1. The van der Waals surface area contributed by atoms with Crippen LogP contribution < -0.4 is 5.32 Å². The minimum atomic E-state index is 0.566. The third kappa shape index (κ3) is 3.43. The molecule has 2 fully saturated rings. The predicted octanol–water partition coefficient (Wildman–Crippen LogP) is 1.46. The Hall–Kier alpha value is -0.840. The van der Waals surface area contributed by atoms with E-state index in [0.29, 0.717) is 6.04 Å². The Labute approximate surface area is 122 Å². The maximum absolute atomic E-state index is 3.47. The zero-order chi connectivity index (χ0) is 13.8. The first kappa shape index (κ1) is 14.1. The second-order valence-corrected chi connectivity index (χ2v) is 6.27. The van der Waals surface area contributed by atoms with Crippen molar-refractivity contribution >= 4 is 0 Å². The minimum absolute atomic E-state index is 0.566. The van der Waals surface area contributed by atoms with Crippen LogP contribution >= 0.6 is 0 Å². The van der Waals surface area contributed by atoms with E-state index in [1.165, 1.54) is 57.5 Å². The molecule has 0 aliphatic carbocycles. The molecule has 0 bridgehead atoms. The van der Waals surface area contributed by atoms with Gasteiger partial charge in [-0.05, 0) is 37.6 Å². The first-order valence-electron chi connectivity index (χ1n) is 8.12. The van der Waals surface area contributed by atoms with Crippen LogP contribution in [0.1, 0.15) is 30.9 Å². The van der Waals surface area contributed by atoms with E-state index >= 15 is 0 Å². The van der Waals surface area contributed by atoms with Gasteiger partial charge in [-0.15, -0.1) is 0 Å². The second-order valence-electron chi connectivity index (χ2n) is 6.27. The summed E-state index contributed by atoms with van der Waals surface area (Å²) in [6.45, 7) is 8.38. The van der Waals surface area contributed by atoms with Crippen molar-refractivity contribution in [3.05, 3.63) is 24.0 Å². The van der Waals surface area contributed by atoms with Crippen molar-refractivity contribution in [2.75, 3.05) is 45.8 Å². The number of rotatable bonds is 4. The lowest BCUT2D eigenvalue weighted by Crippen LogP contribution is -2.48. The van der Waals surface area contributed by atoms with Crippen molar-refractivity contribution in [1.29, 1.82) is 0 Å². The lowest BCUT2D eigenvalue weighted by Gasteiger charge is -2.38. The van der Waals surface area contributed by atoms with Crippen LogP contribution in [0.15, 0.2) is 18.5 Å². The van der Waals surface area contributed by atoms with E-state index in [4.69, 9.17) is 0 Å². The minimum Gasteiger partial charge on any atom is -0.357 e. The Morgan fingerprint density at radius 3 is 2.50 bits per heavy atom. The molecule has 2 aliphatic heterocycles. The zero-order valence-electron chi connectivity index (χ0n) is 12.7. The van der Waals surface area contributed by atoms with E-state index in [1.807, 2.05) is 0 Å². The van der Waals surface area contributed by atoms with Crippen LogP contribution in [0.3, 0.4) is 0 Å². The molecule has 0 spiro atoms. The maximum Gasteiger partial charge on any atom is 0.0491 e. The molecule has 2 saturated heterocycles. The van der Waals surface area contributed by atoms with Crippen LogP contribution in [0.4, 0.5) is 0 Å². The molecule has 1 N–H and O–H groups in total. The average Bonchev–Trinajstić information content (AvgIpc) is 2.93. The highest BCUT2D eigenvalue weighted by molar-refractivity contribution is 5.16. The van der Waals surface area contributed by atoms with Gasteiger partial charge in [-0.2, -0.15) is 0 Å². The topological polar surface area (TPSA) is 23.4 Å². The van der Waals surface area contributed by atoms with Crippen molar-refractivity contribution in [3.8, 4) is 0 Å². The third-order valence-corrected chi connectivity index (χ3v) is 4.71. The summed E-state index contributed by atoms with van der Waals surface area (Å²) in [5, 5.41) is 3.47. The van der Waals surface area contributed by atoms with Gasteiger partial charge in [0.1, 0.15) is 0 Å². The van der Waals surface area contributed by atoms with Crippen LogP contribution in [0.25, 0.3) is 0 Å². The molecule has 3 heterocycles. The summed E-state index contributed by atoms with van der Waals surface area (Å²) in [5.41, 5.74) is 1.49. The summed E-state index contributed by atoms with van der Waals surface area (Å²) < 4.78 is 2.18. The van der Waals surface area contributed by atoms with Gasteiger partial charge in [0.15, 0.2) is 0 Å². The second kappa shape index (κ2) is 6.74. The summed E-state index contributed by atoms with van der Waals surface area (Å²) in [6.07, 6.45) is 8.66. The van der Waals surface area contributed by atoms with Gasteiger partial charge < -0.3 is 14.8 Å². The van der Waals surface area contributed by atoms with Gasteiger partial charge in [0.05, 0.1) is 0 Å². The van der Waals surface area contributed by atoms with Crippen molar-refractivity contribution in [1.82, 2.24) is 19.7 Å². The first-order valence-corrected chi connectivity index (χ1v) is 8.12. The van der Waals surface area contributed by atoms with Gasteiger partial charge in [-0.1, -0.05) is 6.42 Å². The Morgan fingerprint density at radius 1 is 1.10 bits per heavy atom. The number of piperidine rings is 1. The van der Waals surface area contributed by atoms with Gasteiger partial charge in [0, 0.05) is 58.2 Å². The summed E-state index contributed by atoms with van der Waals surface area (Å²) >= 11 is 0. The van der Waals surface area contributed by atoms with E-state index in [2.05, 4.69) is 45.2 Å². The summed E-state index contributed by atoms with van der Waals surface area (Å²) in [6, 6.07) is 2.87. The van der Waals surface area contributed by atoms with Gasteiger partial charge in [-0.25, -0.2) is 0 Å². The molecule has 0 aromatic carbocycles. The van der Waals surface area contributed by atoms with Gasteiger partial charge in [0.2, 0.25) is 0 Å². The number of hydrogen-bond acceptors (Lipinski definition) is 3. The fourth-order valence-corrected chi connectivity index (χ4v) is 3.53. The Morgan fingerprint density at radius 2 is 1.85 bits per heavy atom. The number of likely N-dealkylation sites (tertiary alicyclic amines) is 1. The van der Waals surface area contributed by atoms with Gasteiger partial charge in [-0.3, -0.25) is 4.90 Å². The molecule has 4 nitrogen and oxygen atoms in total. The van der Waals surface area contributed by atoms with E-state index in [0.717, 1.165) is 13.1 Å². The Kier molecular flexibility index (Phi) is 4.76. The summed E-state index contributed by atoms with van der Waals surface area (Å²) in [4.78, 5) is 5.34. The number of nitrogens with one attached hydrogen (secondary N) is 1. The number of hydrogen-bond donors (Lipinski definition) is 1. The van der Waals surface area contributed by atoms with Crippen LogP contribution in [0.5, 0.6) is 0 Å². The normalized spacial score (nSPS) is 23.9. The van der Waals surface area contributed by atoms with E-state index in [9.17, 15) is 0 Å². The molecular formula is C16H28N4. The van der Waals surface area contributed by atoms with Crippen LogP contribution in [0.2, 0.25) is 0 Å². The molecule has 1 atom stereocenters. The van der Waals surface area contributed by atoms with E-state index < -0.39 is 0 Å². The van der Waals surface area contributed by atoms with Crippen molar-refractivity contribution in [2.45, 2.75) is 25.3 Å². The van der Waals surface area contributed by atoms with Crippen molar-refractivity contribution in [3.63, 3.8) is 0 Å². The molecule has 4 heteroatoms. The average molecular weight is 276 g/mol. The standard InChI is InChI=1S/C16H28N4/c1-18-10-5-15(13-18)16(20-11-6-17-7-12-20)14-19-8-3-2-4-9-19/h5,10,13,16-17H,2-4,6-9,11-12,14H2,1H3. The fraction of sp³-hybridized carbons (Fsp3) is 0.750. The molecule has 0 amide bonds. The Bertz CT molecular complexity index is 402. The summed E-state index contributed by atoms with van der Waals surface area (Å²) in [7, 11) is 2.12. The predicted molar refractivity (Wildman–Crippen MR) is 82.9 cm³/mol. The highest BCUT2D eigenvalue weighted by Crippen LogP contribution is 2.24. The molecule has 112 valence electrons. The molecule has 1 unspecified atom stereocenters. The monoisotopic (exact) mass is 276 g/mol. The highest BCUT2D eigenvalue weighted by Gasteiger charge is 2.25. The quantitative estimate of drug-likeness (QED) is 0.900. The number of piperazine rings is 1. The molecule has 2 aliphatic rings. The third-order valence-electron chi connectivity index (χ3n) is 4.71. The molecule has 1 aromatic rings. The maximum atomic E-state index is 3.47. The molecule has 20 heavy (non-hydrogen) atoms. The lowest BCUT2D eigenvalue weighted by atomic mass is 10.0. The largest absolute Gasteiger partial charge is 0.357 e. The molecule has 0 saturated carbocycles. The number of aromatic nitrogens is 1. The fourth-order valence-electron chi connectivity index (χ4n) is 3.53. The summed E-state index contributed by atoms with van der Waals surface area (Å²) in [5.74, 6) is 0. The zero-order valence-corrected chi connectivity index (χ0v) is 12.7. The van der Waals surface area contributed by atoms with Crippen molar-refractivity contribution < 1.29 is 0 Å². The van der Waals surface area contributed by atoms with Gasteiger partial charge >= 0.3 is 0 Å². The first-order chi connectivity index (χ1) is 9.83. The molecule has 0 radical (unpaired) electrons. The molecular weight excluding hydrogens is 248 g/mol. The van der Waals surface area contributed by atoms with Crippen LogP contribution in [-0.2, 0) is 7.05 Å². The smallest absolute Gasteiger partial charge is 0.0491 e. The van der Waals surface area contributed by atoms with E-state index in [1.54, 1.807) is 0 Å². The number of nitrogens with zero attached hydrogens (tertiary/aromatic N) is 3. The van der Waals surface area contributed by atoms with Crippen LogP contribution in [0, 0.1) is 0 Å². The molecule has 1 aromatic heterocycles. The highest BCUT2D eigenvalue weighted by atomic mass is 15.3. The lowest BCUT2D eigenvalue weighted by molar-refractivity contribution is 0.114. The Balaban J connectivity index is 1.71.